The summed E-state index contributed by atoms with van der Waals surface area (Å²) in [6, 6.07) is 6.82. The van der Waals surface area contributed by atoms with Gasteiger partial charge in [0.25, 0.3) is 0 Å². The Hall–Kier alpha value is -2.04. The molecule has 2 rings (SSSR count). The van der Waals surface area contributed by atoms with Crippen molar-refractivity contribution in [3.8, 4) is 0 Å². The first-order valence-electron chi connectivity index (χ1n) is 7.31. The first-order chi connectivity index (χ1) is 9.93. The Kier molecular flexibility index (Phi) is 4.50. The van der Waals surface area contributed by atoms with Gasteiger partial charge in [0.2, 0.25) is 0 Å². The smallest absolute Gasteiger partial charge is 0.337 e. The number of carboxylic acid groups (broad SMARTS) is 1. The van der Waals surface area contributed by atoms with Crippen LogP contribution in [0.25, 0.3) is 0 Å². The van der Waals surface area contributed by atoms with Crippen molar-refractivity contribution in [2.75, 3.05) is 11.9 Å². The third-order valence-corrected chi connectivity index (χ3v) is 4.20. The van der Waals surface area contributed by atoms with Crippen LogP contribution in [0, 0.1) is 0 Å². The number of carbonyl (C=O) groups is 2. The minimum absolute atomic E-state index is 0.136. The second-order valence-electron chi connectivity index (χ2n) is 5.70. The minimum atomic E-state index is -1.02. The standard InChI is InChI=1S/C16H22N2O3/c1-11-7-6-8-12(2)18(11)16(21)17(3)14-10-5-4-9-13(14)15(19)20/h4-5,9-12H,6-8H2,1-3H3,(H,19,20)/t11-,12+. The van der Waals surface area contributed by atoms with E-state index in [4.69, 9.17) is 0 Å². The second-order valence-corrected chi connectivity index (χ2v) is 5.70. The van der Waals surface area contributed by atoms with E-state index < -0.39 is 5.97 Å². The molecule has 0 aromatic heterocycles. The lowest BCUT2D eigenvalue weighted by molar-refractivity contribution is 0.0697. The highest BCUT2D eigenvalue weighted by Gasteiger charge is 2.32. The van der Waals surface area contributed by atoms with Gasteiger partial charge in [0.15, 0.2) is 0 Å². The Morgan fingerprint density at radius 1 is 1.19 bits per heavy atom. The van der Waals surface area contributed by atoms with Crippen LogP contribution < -0.4 is 4.90 Å². The number of urea groups is 1. The van der Waals surface area contributed by atoms with Crippen LogP contribution >= 0.6 is 0 Å². The van der Waals surface area contributed by atoms with Crippen molar-refractivity contribution in [3.63, 3.8) is 0 Å². The summed E-state index contributed by atoms with van der Waals surface area (Å²) in [5.74, 6) is -1.02. The molecule has 2 amide bonds. The summed E-state index contributed by atoms with van der Waals surface area (Å²) in [5, 5.41) is 9.26. The molecule has 114 valence electrons. The molecule has 2 atom stereocenters. The monoisotopic (exact) mass is 290 g/mol. The molecule has 21 heavy (non-hydrogen) atoms. The van der Waals surface area contributed by atoms with Gasteiger partial charge in [-0.1, -0.05) is 12.1 Å². The van der Waals surface area contributed by atoms with Crippen LogP contribution in [0.15, 0.2) is 24.3 Å². The van der Waals surface area contributed by atoms with Crippen molar-refractivity contribution >= 4 is 17.7 Å². The molecule has 1 aliphatic rings. The molecule has 5 nitrogen and oxygen atoms in total. The maximum absolute atomic E-state index is 12.8. The fourth-order valence-electron chi connectivity index (χ4n) is 3.02. The highest BCUT2D eigenvalue weighted by Crippen LogP contribution is 2.26. The molecule has 0 radical (unpaired) electrons. The van der Waals surface area contributed by atoms with Crippen LogP contribution in [0.4, 0.5) is 10.5 Å². The van der Waals surface area contributed by atoms with E-state index in [1.165, 1.54) is 11.0 Å². The average Bonchev–Trinajstić information content (AvgIpc) is 2.46. The van der Waals surface area contributed by atoms with Gasteiger partial charge < -0.3 is 10.0 Å². The van der Waals surface area contributed by atoms with Gasteiger partial charge in [-0.2, -0.15) is 0 Å². The van der Waals surface area contributed by atoms with Crippen molar-refractivity contribution in [1.29, 1.82) is 0 Å². The molecule has 0 saturated carbocycles. The van der Waals surface area contributed by atoms with Crippen LogP contribution in [0.2, 0.25) is 0 Å². The summed E-state index contributed by atoms with van der Waals surface area (Å²) < 4.78 is 0. The van der Waals surface area contributed by atoms with Crippen molar-refractivity contribution < 1.29 is 14.7 Å². The van der Waals surface area contributed by atoms with Gasteiger partial charge in [0.05, 0.1) is 11.3 Å². The molecule has 0 aliphatic carbocycles. The first kappa shape index (κ1) is 15.4. The Labute approximate surface area is 125 Å². The summed E-state index contributed by atoms with van der Waals surface area (Å²) >= 11 is 0. The first-order valence-corrected chi connectivity index (χ1v) is 7.31. The van der Waals surface area contributed by atoms with E-state index in [-0.39, 0.29) is 23.7 Å². The Bertz CT molecular complexity index is 534. The number of anilines is 1. The number of amides is 2. The number of benzene rings is 1. The highest BCUT2D eigenvalue weighted by atomic mass is 16.4. The molecule has 1 aromatic carbocycles. The number of carboxylic acids is 1. The molecular weight excluding hydrogens is 268 g/mol. The average molecular weight is 290 g/mol. The van der Waals surface area contributed by atoms with Gasteiger partial charge in [0, 0.05) is 19.1 Å². The molecule has 0 bridgehead atoms. The van der Waals surface area contributed by atoms with Crippen LogP contribution in [-0.4, -0.2) is 41.1 Å². The Morgan fingerprint density at radius 3 is 2.33 bits per heavy atom. The minimum Gasteiger partial charge on any atom is -0.478 e. The molecule has 1 saturated heterocycles. The van der Waals surface area contributed by atoms with Crippen LogP contribution in [-0.2, 0) is 0 Å². The van der Waals surface area contributed by atoms with E-state index in [1.54, 1.807) is 25.2 Å². The van der Waals surface area contributed by atoms with Gasteiger partial charge in [-0.05, 0) is 45.2 Å². The van der Waals surface area contributed by atoms with Gasteiger partial charge in [-0.15, -0.1) is 0 Å². The van der Waals surface area contributed by atoms with E-state index in [9.17, 15) is 14.7 Å². The molecule has 1 aliphatic heterocycles. The van der Waals surface area contributed by atoms with Crippen molar-refractivity contribution in [3.05, 3.63) is 29.8 Å². The fourth-order valence-corrected chi connectivity index (χ4v) is 3.02. The van der Waals surface area contributed by atoms with Crippen molar-refractivity contribution in [2.45, 2.75) is 45.2 Å². The van der Waals surface area contributed by atoms with Gasteiger partial charge in [-0.25, -0.2) is 9.59 Å². The summed E-state index contributed by atoms with van der Waals surface area (Å²) in [5.41, 5.74) is 0.575. The summed E-state index contributed by atoms with van der Waals surface area (Å²) in [6.07, 6.45) is 3.11. The molecule has 1 N–H and O–H groups in total. The number of hydrogen-bond acceptors (Lipinski definition) is 2. The summed E-state index contributed by atoms with van der Waals surface area (Å²) in [7, 11) is 1.64. The number of aromatic carboxylic acids is 1. The lowest BCUT2D eigenvalue weighted by atomic mass is 9.98. The van der Waals surface area contributed by atoms with Gasteiger partial charge in [0.1, 0.15) is 0 Å². The molecule has 1 fully saturated rings. The predicted octanol–water partition coefficient (Wildman–Crippen LogP) is 3.20. The van der Waals surface area contributed by atoms with Gasteiger partial charge >= 0.3 is 12.0 Å². The third kappa shape index (κ3) is 3.01. The topological polar surface area (TPSA) is 60.9 Å². The van der Waals surface area contributed by atoms with Crippen LogP contribution in [0.1, 0.15) is 43.5 Å². The maximum atomic E-state index is 12.8. The molecule has 1 aromatic rings. The number of rotatable bonds is 2. The van der Waals surface area contributed by atoms with Crippen molar-refractivity contribution in [1.82, 2.24) is 4.90 Å². The zero-order chi connectivity index (χ0) is 15.6. The normalized spacial score (nSPS) is 22.0. The number of carbonyl (C=O) groups excluding carboxylic acids is 1. The number of piperidine rings is 1. The van der Waals surface area contributed by atoms with Crippen molar-refractivity contribution in [2.24, 2.45) is 0 Å². The predicted molar refractivity (Wildman–Crippen MR) is 81.8 cm³/mol. The molecular formula is C16H22N2O3. The quantitative estimate of drug-likeness (QED) is 0.909. The maximum Gasteiger partial charge on any atom is 0.337 e. The van der Waals surface area contributed by atoms with Crippen LogP contribution in [0.5, 0.6) is 0 Å². The zero-order valence-electron chi connectivity index (χ0n) is 12.7. The SMILES string of the molecule is C[C@@H]1CCC[C@H](C)N1C(=O)N(C)c1ccccc1C(=O)O. The van der Waals surface area contributed by atoms with Gasteiger partial charge in [-0.3, -0.25) is 4.90 Å². The molecule has 0 unspecified atom stereocenters. The highest BCUT2D eigenvalue weighted by molar-refractivity contribution is 6.01. The number of nitrogens with zero attached hydrogens (tertiary/aromatic N) is 2. The molecule has 1 heterocycles. The third-order valence-electron chi connectivity index (χ3n) is 4.20. The lowest BCUT2D eigenvalue weighted by Gasteiger charge is -2.41. The molecule has 5 heteroatoms. The summed E-state index contributed by atoms with van der Waals surface area (Å²) in [6.45, 7) is 4.09. The largest absolute Gasteiger partial charge is 0.478 e. The summed E-state index contributed by atoms with van der Waals surface area (Å²) in [4.78, 5) is 27.4. The number of para-hydroxylation sites is 1. The van der Waals surface area contributed by atoms with E-state index in [0.29, 0.717) is 5.69 Å². The second kappa shape index (κ2) is 6.16. The van der Waals surface area contributed by atoms with Crippen LogP contribution in [0.3, 0.4) is 0 Å². The van der Waals surface area contributed by atoms with E-state index in [0.717, 1.165) is 19.3 Å². The lowest BCUT2D eigenvalue weighted by Crippen LogP contribution is -2.52. The zero-order valence-corrected chi connectivity index (χ0v) is 12.7. The molecule has 0 spiro atoms. The van der Waals surface area contributed by atoms with E-state index >= 15 is 0 Å². The van der Waals surface area contributed by atoms with E-state index in [1.807, 2.05) is 18.7 Å². The number of likely N-dealkylation sites (tertiary alicyclic amines) is 1. The number of hydrogen-bond donors (Lipinski definition) is 1. The van der Waals surface area contributed by atoms with E-state index in [2.05, 4.69) is 0 Å². The Balaban J connectivity index is 2.29. The Morgan fingerprint density at radius 2 is 1.76 bits per heavy atom. The fraction of sp³-hybridized carbons (Fsp3) is 0.500.